The third-order valence-corrected chi connectivity index (χ3v) is 1.74. The maximum atomic E-state index is 9.87. The van der Waals surface area contributed by atoms with Crippen molar-refractivity contribution in [2.45, 2.75) is 13.5 Å². The number of aromatic nitrogens is 2. The van der Waals surface area contributed by atoms with Crippen LogP contribution >= 0.6 is 7.81 Å². The SMILES string of the molecule is Cc1n(CCO)cc[n+]1C.F[P-](F)(F)(F)(F)F. The first-order valence-corrected chi connectivity index (χ1v) is 6.42. The molecule has 0 amide bonds. The Labute approximate surface area is 93.5 Å². The van der Waals surface area contributed by atoms with Crippen molar-refractivity contribution in [2.75, 3.05) is 6.61 Å². The molecule has 0 atom stereocenters. The zero-order valence-corrected chi connectivity index (χ0v) is 10.0. The van der Waals surface area contributed by atoms with Gasteiger partial charge in [0.25, 0.3) is 5.82 Å². The van der Waals surface area contributed by atoms with Gasteiger partial charge in [-0.15, -0.1) is 0 Å². The fraction of sp³-hybridized carbons (Fsp3) is 0.571. The van der Waals surface area contributed by atoms with Crippen LogP contribution in [0.2, 0.25) is 0 Å². The first-order valence-electron chi connectivity index (χ1n) is 4.39. The van der Waals surface area contributed by atoms with Crippen molar-refractivity contribution >= 4 is 7.81 Å². The van der Waals surface area contributed by atoms with Crippen LogP contribution in [0, 0.1) is 6.92 Å². The van der Waals surface area contributed by atoms with E-state index in [1.807, 2.05) is 35.5 Å². The van der Waals surface area contributed by atoms with Crippen molar-refractivity contribution in [3.05, 3.63) is 18.2 Å². The molecule has 0 aliphatic carbocycles. The first-order chi connectivity index (χ1) is 7.20. The number of aryl methyl sites for hydroxylation is 1. The predicted octanol–water partition coefficient (Wildman–Crippen LogP) is 3.00. The molecule has 1 heterocycles. The van der Waals surface area contributed by atoms with Gasteiger partial charge >= 0.3 is 33.0 Å². The number of aliphatic hydroxyl groups is 1. The Bertz CT molecular complexity index is 372. The Morgan fingerprint density at radius 2 is 1.65 bits per heavy atom. The van der Waals surface area contributed by atoms with Gasteiger partial charge in [-0.25, -0.2) is 9.13 Å². The third kappa shape index (κ3) is 11.4. The molecular weight excluding hydrogens is 273 g/mol. The normalized spacial score (nSPS) is 15.6. The predicted molar refractivity (Wildman–Crippen MR) is 51.0 cm³/mol. The summed E-state index contributed by atoms with van der Waals surface area (Å²) in [5.41, 5.74) is 0. The number of rotatable bonds is 2. The summed E-state index contributed by atoms with van der Waals surface area (Å²) >= 11 is 0. The van der Waals surface area contributed by atoms with E-state index in [0.717, 1.165) is 5.82 Å². The van der Waals surface area contributed by atoms with E-state index in [2.05, 4.69) is 0 Å². The van der Waals surface area contributed by atoms with E-state index in [4.69, 9.17) is 5.11 Å². The summed E-state index contributed by atoms with van der Waals surface area (Å²) in [5.74, 6) is 1.16. The van der Waals surface area contributed by atoms with Gasteiger partial charge in [0.2, 0.25) is 0 Å². The van der Waals surface area contributed by atoms with Gasteiger partial charge in [-0.05, 0) is 0 Å². The van der Waals surface area contributed by atoms with Crippen LogP contribution in [-0.4, -0.2) is 16.3 Å². The van der Waals surface area contributed by atoms with E-state index in [9.17, 15) is 25.2 Å². The van der Waals surface area contributed by atoms with Crippen molar-refractivity contribution in [1.29, 1.82) is 0 Å². The summed E-state index contributed by atoms with van der Waals surface area (Å²) in [7, 11) is -8.67. The molecular formula is C7H13F6N2OP. The standard InChI is InChI=1S/C7H13N2O.F6P/c1-7-8(2)3-4-9(7)5-6-10;1-7(2,3,4,5)6/h3-4,10H,5-6H2,1-2H3;/q+1;-1. The summed E-state index contributed by atoms with van der Waals surface area (Å²) in [5, 5.41) is 8.62. The Kier molecular flexibility index (Phi) is 3.93. The molecule has 0 unspecified atom stereocenters. The van der Waals surface area contributed by atoms with E-state index >= 15 is 0 Å². The molecule has 104 valence electrons. The monoisotopic (exact) mass is 286 g/mol. The van der Waals surface area contributed by atoms with E-state index < -0.39 is 7.81 Å². The minimum absolute atomic E-state index is 0.204. The van der Waals surface area contributed by atoms with E-state index in [-0.39, 0.29) is 6.61 Å². The average Bonchev–Trinajstić information content (AvgIpc) is 2.31. The fourth-order valence-corrected chi connectivity index (χ4v) is 0.943. The van der Waals surface area contributed by atoms with Gasteiger partial charge in [0.05, 0.1) is 13.7 Å². The number of hydrogen-bond acceptors (Lipinski definition) is 1. The second kappa shape index (κ2) is 4.13. The number of nitrogens with zero attached hydrogens (tertiary/aromatic N) is 2. The quantitative estimate of drug-likeness (QED) is 0.505. The van der Waals surface area contributed by atoms with Gasteiger partial charge in [0.15, 0.2) is 0 Å². The van der Waals surface area contributed by atoms with Gasteiger partial charge < -0.3 is 5.11 Å². The molecule has 0 spiro atoms. The summed E-state index contributed by atoms with van der Waals surface area (Å²) in [6.07, 6.45) is 3.94. The molecule has 0 aliphatic rings. The molecule has 1 aromatic rings. The van der Waals surface area contributed by atoms with Gasteiger partial charge in [-0.1, -0.05) is 0 Å². The second-order valence-electron chi connectivity index (χ2n) is 3.33. The molecule has 10 heteroatoms. The summed E-state index contributed by atoms with van der Waals surface area (Å²) in [6, 6.07) is 0. The van der Waals surface area contributed by atoms with Crippen LogP contribution in [0.4, 0.5) is 25.2 Å². The van der Waals surface area contributed by atoms with E-state index in [1.54, 1.807) is 0 Å². The zero-order valence-electron chi connectivity index (χ0n) is 9.13. The molecule has 0 saturated heterocycles. The maximum absolute atomic E-state index is 10.7. The Balaban J connectivity index is 0.000000325. The minimum atomic E-state index is -10.7. The van der Waals surface area contributed by atoms with Crippen molar-refractivity contribution in [2.24, 2.45) is 7.05 Å². The molecule has 0 saturated carbocycles. The molecule has 1 N–H and O–H groups in total. The van der Waals surface area contributed by atoms with Crippen molar-refractivity contribution in [3.8, 4) is 0 Å². The summed E-state index contributed by atoms with van der Waals surface area (Å²) in [4.78, 5) is 0. The summed E-state index contributed by atoms with van der Waals surface area (Å²) in [6.45, 7) is 2.91. The van der Waals surface area contributed by atoms with Crippen molar-refractivity contribution < 1.29 is 34.9 Å². The van der Waals surface area contributed by atoms with Crippen LogP contribution in [0.25, 0.3) is 0 Å². The van der Waals surface area contributed by atoms with Gasteiger partial charge in [-0.2, -0.15) is 0 Å². The van der Waals surface area contributed by atoms with Crippen molar-refractivity contribution in [1.82, 2.24) is 4.57 Å². The Morgan fingerprint density at radius 1 is 1.24 bits per heavy atom. The fourth-order valence-electron chi connectivity index (χ4n) is 0.943. The molecule has 0 fully saturated rings. The molecule has 1 aromatic heterocycles. The van der Waals surface area contributed by atoms with Crippen LogP contribution in [0.15, 0.2) is 12.4 Å². The van der Waals surface area contributed by atoms with Crippen LogP contribution in [0.3, 0.4) is 0 Å². The number of imidazole rings is 1. The van der Waals surface area contributed by atoms with Crippen LogP contribution in [-0.2, 0) is 13.6 Å². The molecule has 3 nitrogen and oxygen atoms in total. The number of halogens is 6. The third-order valence-electron chi connectivity index (χ3n) is 1.74. The van der Waals surface area contributed by atoms with Gasteiger partial charge in [0, 0.05) is 6.92 Å². The van der Waals surface area contributed by atoms with E-state index in [1.165, 1.54) is 0 Å². The first kappa shape index (κ1) is 16.2. The molecule has 0 bridgehead atoms. The molecule has 0 radical (unpaired) electrons. The Morgan fingerprint density at radius 3 is 1.88 bits per heavy atom. The van der Waals surface area contributed by atoms with Gasteiger partial charge in [0.1, 0.15) is 18.9 Å². The molecule has 17 heavy (non-hydrogen) atoms. The van der Waals surface area contributed by atoms with Crippen LogP contribution in [0.5, 0.6) is 0 Å². The average molecular weight is 286 g/mol. The van der Waals surface area contributed by atoms with Crippen molar-refractivity contribution in [3.63, 3.8) is 0 Å². The number of aliphatic hydroxyl groups excluding tert-OH is 1. The molecule has 0 aromatic carbocycles. The van der Waals surface area contributed by atoms with Crippen LogP contribution < -0.4 is 4.57 Å². The van der Waals surface area contributed by atoms with E-state index in [0.29, 0.717) is 6.54 Å². The zero-order chi connectivity index (χ0) is 14.0. The second-order valence-corrected chi connectivity index (χ2v) is 5.25. The number of hydrogen-bond donors (Lipinski definition) is 1. The Hall–Kier alpha value is -0.820. The topological polar surface area (TPSA) is 29.0 Å². The summed E-state index contributed by atoms with van der Waals surface area (Å²) < 4.78 is 63.2. The molecule has 0 aliphatic heterocycles. The van der Waals surface area contributed by atoms with Gasteiger partial charge in [-0.3, -0.25) is 0 Å². The molecule has 1 rings (SSSR count). The van der Waals surface area contributed by atoms with Crippen LogP contribution in [0.1, 0.15) is 5.82 Å².